The summed E-state index contributed by atoms with van der Waals surface area (Å²) < 4.78 is 23.0. The van der Waals surface area contributed by atoms with Gasteiger partial charge in [-0.05, 0) is 31.2 Å². The van der Waals surface area contributed by atoms with Gasteiger partial charge in [-0.2, -0.15) is 0 Å². The maximum absolute atomic E-state index is 12.2. The molecule has 1 atom stereocenters. The Kier molecular flexibility index (Phi) is 3.73. The fourth-order valence-electron chi connectivity index (χ4n) is 1.48. The Balaban J connectivity index is 2.08. The molecule has 0 N–H and O–H groups in total. The molecular weight excluding hydrogens is 247 g/mol. The van der Waals surface area contributed by atoms with Crippen LogP contribution in [-0.4, -0.2) is 6.66 Å². The zero-order valence-corrected chi connectivity index (χ0v) is 11.3. The van der Waals surface area contributed by atoms with Crippen LogP contribution in [0.3, 0.4) is 0 Å². The highest BCUT2D eigenvalue weighted by Gasteiger charge is 2.20. The van der Waals surface area contributed by atoms with Crippen LogP contribution in [-0.2, 0) is 4.57 Å². The number of hydrogen-bond acceptors (Lipinski definition) is 3. The van der Waals surface area contributed by atoms with E-state index >= 15 is 0 Å². The van der Waals surface area contributed by atoms with Gasteiger partial charge in [0.15, 0.2) is 0 Å². The summed E-state index contributed by atoms with van der Waals surface area (Å²) >= 11 is 0. The van der Waals surface area contributed by atoms with Crippen LogP contribution in [0.1, 0.15) is 5.56 Å². The highest BCUT2D eigenvalue weighted by Crippen LogP contribution is 2.44. The average Bonchev–Trinajstić information content (AvgIpc) is 2.32. The minimum Gasteiger partial charge on any atom is -0.416 e. The lowest BCUT2D eigenvalue weighted by molar-refractivity contribution is 0.393. The molecule has 2 aromatic carbocycles. The second-order valence-corrected chi connectivity index (χ2v) is 5.99. The van der Waals surface area contributed by atoms with Gasteiger partial charge in [-0.3, -0.25) is 0 Å². The fourth-order valence-corrected chi connectivity index (χ4v) is 2.53. The van der Waals surface area contributed by atoms with Gasteiger partial charge in [0, 0.05) is 0 Å². The average molecular weight is 262 g/mol. The number of hydrogen-bond donors (Lipinski definition) is 0. The summed E-state index contributed by atoms with van der Waals surface area (Å²) in [5.41, 5.74) is 1.12. The Morgan fingerprint density at radius 3 is 1.89 bits per heavy atom. The van der Waals surface area contributed by atoms with Crippen molar-refractivity contribution in [2.75, 3.05) is 6.66 Å². The lowest BCUT2D eigenvalue weighted by atomic mass is 10.2. The zero-order chi connectivity index (χ0) is 13.0. The van der Waals surface area contributed by atoms with Crippen LogP contribution in [0, 0.1) is 6.92 Å². The lowest BCUT2D eigenvalue weighted by Crippen LogP contribution is -1.98. The van der Waals surface area contributed by atoms with Crippen molar-refractivity contribution in [2.45, 2.75) is 6.92 Å². The highest BCUT2D eigenvalue weighted by molar-refractivity contribution is 7.53. The summed E-state index contributed by atoms with van der Waals surface area (Å²) in [6.07, 6.45) is 0. The largest absolute Gasteiger partial charge is 0.427 e. The first-order valence-corrected chi connectivity index (χ1v) is 7.63. The van der Waals surface area contributed by atoms with E-state index in [9.17, 15) is 4.57 Å². The van der Waals surface area contributed by atoms with Crippen molar-refractivity contribution in [1.82, 2.24) is 0 Å². The molecule has 0 bridgehead atoms. The van der Waals surface area contributed by atoms with E-state index in [1.807, 2.05) is 37.3 Å². The van der Waals surface area contributed by atoms with Crippen molar-refractivity contribution in [3.63, 3.8) is 0 Å². The quantitative estimate of drug-likeness (QED) is 0.771. The van der Waals surface area contributed by atoms with Gasteiger partial charge >= 0.3 is 7.60 Å². The third kappa shape index (κ3) is 3.64. The van der Waals surface area contributed by atoms with Crippen molar-refractivity contribution >= 4 is 7.60 Å². The summed E-state index contributed by atoms with van der Waals surface area (Å²) in [5, 5.41) is 0. The second kappa shape index (κ2) is 5.28. The van der Waals surface area contributed by atoms with Crippen LogP contribution in [0.15, 0.2) is 54.6 Å². The van der Waals surface area contributed by atoms with Crippen LogP contribution in [0.5, 0.6) is 11.5 Å². The first-order chi connectivity index (χ1) is 8.55. The molecular formula is C14H15O3P. The molecule has 0 radical (unpaired) electrons. The van der Waals surface area contributed by atoms with Gasteiger partial charge in [0.05, 0.1) is 6.66 Å². The summed E-state index contributed by atoms with van der Waals surface area (Å²) in [5.74, 6) is 1.08. The van der Waals surface area contributed by atoms with E-state index in [2.05, 4.69) is 0 Å². The van der Waals surface area contributed by atoms with Gasteiger partial charge in [0.25, 0.3) is 0 Å². The molecule has 0 heterocycles. The van der Waals surface area contributed by atoms with Crippen molar-refractivity contribution in [3.05, 3.63) is 60.2 Å². The third-order valence-electron chi connectivity index (χ3n) is 2.31. The van der Waals surface area contributed by atoms with Gasteiger partial charge in [-0.25, -0.2) is 4.57 Å². The van der Waals surface area contributed by atoms with E-state index in [1.54, 1.807) is 24.3 Å². The Labute approximate surface area is 107 Å². The molecule has 0 spiro atoms. The molecule has 0 aliphatic carbocycles. The van der Waals surface area contributed by atoms with Gasteiger partial charge in [0.1, 0.15) is 11.5 Å². The fraction of sp³-hybridized carbons (Fsp3) is 0.143. The Hall–Kier alpha value is -1.73. The van der Waals surface area contributed by atoms with Gasteiger partial charge in [-0.1, -0.05) is 35.9 Å². The Bertz CT molecular complexity index is 549. The van der Waals surface area contributed by atoms with Crippen molar-refractivity contribution < 1.29 is 13.6 Å². The summed E-state index contributed by atoms with van der Waals surface area (Å²) in [6.45, 7) is 3.44. The molecule has 0 saturated carbocycles. The summed E-state index contributed by atoms with van der Waals surface area (Å²) in [4.78, 5) is 0. The zero-order valence-electron chi connectivity index (χ0n) is 10.4. The second-order valence-electron chi connectivity index (χ2n) is 4.08. The maximum Gasteiger partial charge on any atom is 0.427 e. The van der Waals surface area contributed by atoms with Gasteiger partial charge in [-0.15, -0.1) is 0 Å². The van der Waals surface area contributed by atoms with Gasteiger partial charge < -0.3 is 9.05 Å². The monoisotopic (exact) mass is 262 g/mol. The normalized spacial score (nSPS) is 13.7. The molecule has 0 fully saturated rings. The molecule has 0 amide bonds. The smallest absolute Gasteiger partial charge is 0.416 e. The molecule has 0 aliphatic rings. The van der Waals surface area contributed by atoms with Crippen molar-refractivity contribution in [3.8, 4) is 11.5 Å². The highest BCUT2D eigenvalue weighted by atomic mass is 31.2. The van der Waals surface area contributed by atoms with Crippen LogP contribution < -0.4 is 9.05 Å². The maximum atomic E-state index is 12.2. The van der Waals surface area contributed by atoms with Crippen LogP contribution in [0.25, 0.3) is 0 Å². The molecule has 94 valence electrons. The molecule has 0 aromatic heterocycles. The summed E-state index contributed by atoms with van der Waals surface area (Å²) in [6, 6.07) is 16.4. The third-order valence-corrected chi connectivity index (χ3v) is 3.39. The standard InChI is InChI=1S/C14H15O3P/c1-12-8-10-14(11-9-12)17-18(2,15)16-13-6-4-3-5-7-13/h3-11H,1-2H3. The molecule has 0 saturated heterocycles. The van der Waals surface area contributed by atoms with Crippen molar-refractivity contribution in [1.29, 1.82) is 0 Å². The van der Waals surface area contributed by atoms with Crippen LogP contribution >= 0.6 is 7.60 Å². The van der Waals surface area contributed by atoms with E-state index in [1.165, 1.54) is 6.66 Å². The molecule has 2 rings (SSSR count). The minimum atomic E-state index is -3.15. The van der Waals surface area contributed by atoms with Crippen molar-refractivity contribution in [2.24, 2.45) is 0 Å². The van der Waals surface area contributed by atoms with Crippen LogP contribution in [0.4, 0.5) is 0 Å². The molecule has 3 nitrogen and oxygen atoms in total. The molecule has 2 aromatic rings. The Morgan fingerprint density at radius 2 is 1.33 bits per heavy atom. The van der Waals surface area contributed by atoms with E-state index < -0.39 is 7.60 Å². The van der Waals surface area contributed by atoms with Crippen LogP contribution in [0.2, 0.25) is 0 Å². The molecule has 0 aliphatic heterocycles. The van der Waals surface area contributed by atoms with Gasteiger partial charge in [0.2, 0.25) is 0 Å². The molecule has 4 heteroatoms. The number of benzene rings is 2. The van der Waals surface area contributed by atoms with E-state index in [4.69, 9.17) is 9.05 Å². The van der Waals surface area contributed by atoms with E-state index in [0.717, 1.165) is 5.56 Å². The first-order valence-electron chi connectivity index (χ1n) is 5.64. The number of aryl methyl sites for hydroxylation is 1. The number of rotatable bonds is 4. The Morgan fingerprint density at radius 1 is 0.833 bits per heavy atom. The molecule has 1 unspecified atom stereocenters. The first kappa shape index (κ1) is 12.7. The topological polar surface area (TPSA) is 35.5 Å². The predicted octanol–water partition coefficient (Wildman–Crippen LogP) is 4.28. The predicted molar refractivity (Wildman–Crippen MR) is 72.4 cm³/mol. The number of para-hydroxylation sites is 1. The lowest BCUT2D eigenvalue weighted by Gasteiger charge is -2.16. The molecule has 18 heavy (non-hydrogen) atoms. The van der Waals surface area contributed by atoms with E-state index in [-0.39, 0.29) is 0 Å². The minimum absolute atomic E-state index is 0.537. The summed E-state index contributed by atoms with van der Waals surface area (Å²) in [7, 11) is -3.15. The SMILES string of the molecule is Cc1ccc(OP(C)(=O)Oc2ccccc2)cc1. The van der Waals surface area contributed by atoms with E-state index in [0.29, 0.717) is 11.5 Å².